The molecule has 2 unspecified atom stereocenters. The first-order chi connectivity index (χ1) is 8.74. The average Bonchev–Trinajstić information content (AvgIpc) is 2.80. The fourth-order valence-electron chi connectivity index (χ4n) is 2.21. The fourth-order valence-corrected chi connectivity index (χ4v) is 3.19. The molecule has 1 aliphatic rings. The molecule has 1 N–H and O–H groups in total. The largest absolute Gasteiger partial charge is 0.381 e. The van der Waals surface area contributed by atoms with Crippen LogP contribution in [0.5, 0.6) is 0 Å². The summed E-state index contributed by atoms with van der Waals surface area (Å²) in [5.74, 6) is 1.31. The zero-order valence-electron chi connectivity index (χ0n) is 10.0. The van der Waals surface area contributed by atoms with Crippen LogP contribution < -0.4 is 5.32 Å². The van der Waals surface area contributed by atoms with Crippen molar-refractivity contribution < 1.29 is 4.74 Å². The molecule has 0 amide bonds. The molecule has 1 fully saturated rings. The molecule has 3 heterocycles. The summed E-state index contributed by atoms with van der Waals surface area (Å²) in [5, 5.41) is 6.84. The van der Waals surface area contributed by atoms with E-state index in [4.69, 9.17) is 16.3 Å². The summed E-state index contributed by atoms with van der Waals surface area (Å²) in [7, 11) is 0. The maximum absolute atomic E-state index is 5.95. The second kappa shape index (κ2) is 4.99. The summed E-state index contributed by atoms with van der Waals surface area (Å²) in [6.07, 6.45) is 0.994. The van der Waals surface area contributed by atoms with Crippen molar-refractivity contribution in [3.8, 4) is 0 Å². The van der Waals surface area contributed by atoms with Gasteiger partial charge in [0.25, 0.3) is 0 Å². The number of anilines is 1. The van der Waals surface area contributed by atoms with Crippen molar-refractivity contribution in [3.05, 3.63) is 16.7 Å². The van der Waals surface area contributed by atoms with Crippen molar-refractivity contribution in [1.29, 1.82) is 0 Å². The van der Waals surface area contributed by atoms with Gasteiger partial charge in [-0.1, -0.05) is 6.92 Å². The van der Waals surface area contributed by atoms with Gasteiger partial charge in [0.1, 0.15) is 10.6 Å². The number of nitrogens with zero attached hydrogens (tertiary/aromatic N) is 2. The van der Waals surface area contributed by atoms with Crippen molar-refractivity contribution in [2.45, 2.75) is 19.4 Å². The van der Waals surface area contributed by atoms with Crippen LogP contribution in [0, 0.1) is 5.92 Å². The quantitative estimate of drug-likeness (QED) is 0.860. The van der Waals surface area contributed by atoms with E-state index in [0.717, 1.165) is 35.7 Å². The molecule has 0 aromatic carbocycles. The highest BCUT2D eigenvalue weighted by molar-refractivity contribution is 7.16. The van der Waals surface area contributed by atoms with Crippen LogP contribution in [-0.4, -0.2) is 29.2 Å². The minimum Gasteiger partial charge on any atom is -0.381 e. The number of fused-ring (bicyclic) bond motifs is 1. The predicted molar refractivity (Wildman–Crippen MR) is 74.4 cm³/mol. The van der Waals surface area contributed by atoms with E-state index in [0.29, 0.717) is 17.2 Å². The minimum atomic E-state index is 0.298. The van der Waals surface area contributed by atoms with Gasteiger partial charge in [-0.05, 0) is 35.4 Å². The highest BCUT2D eigenvalue weighted by Crippen LogP contribution is 2.28. The lowest BCUT2D eigenvalue weighted by atomic mass is 9.98. The Morgan fingerprint density at radius 1 is 1.50 bits per heavy atom. The van der Waals surface area contributed by atoms with Gasteiger partial charge in [0.05, 0.1) is 12.0 Å². The topological polar surface area (TPSA) is 47.0 Å². The molecule has 0 bridgehead atoms. The van der Waals surface area contributed by atoms with Crippen LogP contribution in [0.1, 0.15) is 13.3 Å². The standard InChI is InChI=1S/C12H14ClN3OS/c1-7-6-17-4-2-9(7)14-10-8-3-5-18-11(8)16-12(13)15-10/h3,5,7,9H,2,4,6H2,1H3,(H,14,15,16). The second-order valence-corrected chi connectivity index (χ2v) is 5.81. The van der Waals surface area contributed by atoms with Gasteiger partial charge in [0.15, 0.2) is 0 Å². The molecule has 4 nitrogen and oxygen atoms in total. The van der Waals surface area contributed by atoms with Crippen LogP contribution in [0.3, 0.4) is 0 Å². The van der Waals surface area contributed by atoms with Gasteiger partial charge in [-0.2, -0.15) is 0 Å². The molecule has 1 saturated heterocycles. The monoisotopic (exact) mass is 283 g/mol. The number of nitrogens with one attached hydrogen (secondary N) is 1. The number of thiophene rings is 1. The van der Waals surface area contributed by atoms with Gasteiger partial charge in [0.2, 0.25) is 5.28 Å². The third-order valence-electron chi connectivity index (χ3n) is 3.26. The lowest BCUT2D eigenvalue weighted by Crippen LogP contribution is -2.36. The number of halogens is 1. The summed E-state index contributed by atoms with van der Waals surface area (Å²) >= 11 is 7.53. The Morgan fingerprint density at radius 3 is 3.22 bits per heavy atom. The smallest absolute Gasteiger partial charge is 0.225 e. The van der Waals surface area contributed by atoms with Gasteiger partial charge in [-0.15, -0.1) is 11.3 Å². The van der Waals surface area contributed by atoms with Crippen molar-refractivity contribution in [2.24, 2.45) is 5.92 Å². The molecule has 0 radical (unpaired) electrons. The third-order valence-corrected chi connectivity index (χ3v) is 4.24. The minimum absolute atomic E-state index is 0.298. The summed E-state index contributed by atoms with van der Waals surface area (Å²) in [6.45, 7) is 3.78. The molecule has 2 aromatic heterocycles. The summed E-state index contributed by atoms with van der Waals surface area (Å²) in [5.41, 5.74) is 0. The number of hydrogen-bond donors (Lipinski definition) is 1. The summed E-state index contributed by atoms with van der Waals surface area (Å²) in [6, 6.07) is 2.41. The van der Waals surface area contributed by atoms with E-state index in [1.165, 1.54) is 0 Å². The molecule has 3 rings (SSSR count). The normalized spacial score (nSPS) is 24.3. The molecule has 18 heavy (non-hydrogen) atoms. The Labute approximate surface area is 114 Å². The predicted octanol–water partition coefficient (Wildman–Crippen LogP) is 3.18. The van der Waals surface area contributed by atoms with Crippen LogP contribution in [0.2, 0.25) is 5.28 Å². The van der Waals surface area contributed by atoms with E-state index < -0.39 is 0 Å². The lowest BCUT2D eigenvalue weighted by Gasteiger charge is -2.30. The van der Waals surface area contributed by atoms with Crippen LogP contribution in [0.25, 0.3) is 10.2 Å². The third kappa shape index (κ3) is 2.30. The van der Waals surface area contributed by atoms with Crippen LogP contribution in [0.4, 0.5) is 5.82 Å². The maximum Gasteiger partial charge on any atom is 0.225 e. The Balaban J connectivity index is 1.91. The van der Waals surface area contributed by atoms with E-state index in [1.807, 2.05) is 11.4 Å². The maximum atomic E-state index is 5.95. The van der Waals surface area contributed by atoms with Crippen LogP contribution >= 0.6 is 22.9 Å². The number of hydrogen-bond acceptors (Lipinski definition) is 5. The van der Waals surface area contributed by atoms with E-state index in [9.17, 15) is 0 Å². The number of ether oxygens (including phenoxy) is 1. The van der Waals surface area contributed by atoms with E-state index in [1.54, 1.807) is 11.3 Å². The van der Waals surface area contributed by atoms with Gasteiger partial charge < -0.3 is 10.1 Å². The van der Waals surface area contributed by atoms with Crippen molar-refractivity contribution in [3.63, 3.8) is 0 Å². The van der Waals surface area contributed by atoms with Gasteiger partial charge in [0, 0.05) is 12.6 Å². The number of rotatable bonds is 2. The van der Waals surface area contributed by atoms with Crippen LogP contribution in [0.15, 0.2) is 11.4 Å². The van der Waals surface area contributed by atoms with Gasteiger partial charge >= 0.3 is 0 Å². The Bertz CT molecular complexity index is 559. The molecule has 1 aliphatic heterocycles. The highest BCUT2D eigenvalue weighted by Gasteiger charge is 2.23. The highest BCUT2D eigenvalue weighted by atomic mass is 35.5. The summed E-state index contributed by atoms with van der Waals surface area (Å²) < 4.78 is 5.45. The fraction of sp³-hybridized carbons (Fsp3) is 0.500. The molecular formula is C12H14ClN3OS. The molecule has 0 saturated carbocycles. The Morgan fingerprint density at radius 2 is 2.39 bits per heavy atom. The Hall–Kier alpha value is -0.910. The van der Waals surface area contributed by atoms with E-state index in [2.05, 4.69) is 22.2 Å². The Kier molecular flexibility index (Phi) is 3.37. The van der Waals surface area contributed by atoms with Crippen molar-refractivity contribution >= 4 is 39.0 Å². The first-order valence-corrected chi connectivity index (χ1v) is 7.25. The SMILES string of the molecule is CC1COCCC1Nc1nc(Cl)nc2sccc12. The van der Waals surface area contributed by atoms with Crippen molar-refractivity contribution in [2.75, 3.05) is 18.5 Å². The summed E-state index contributed by atoms with van der Waals surface area (Å²) in [4.78, 5) is 9.46. The van der Waals surface area contributed by atoms with Gasteiger partial charge in [-0.25, -0.2) is 9.97 Å². The molecule has 0 aliphatic carbocycles. The average molecular weight is 284 g/mol. The molecule has 2 aromatic rings. The first-order valence-electron chi connectivity index (χ1n) is 5.99. The zero-order valence-corrected chi connectivity index (χ0v) is 11.6. The molecule has 0 spiro atoms. The molecular weight excluding hydrogens is 270 g/mol. The van der Waals surface area contributed by atoms with Gasteiger partial charge in [-0.3, -0.25) is 0 Å². The van der Waals surface area contributed by atoms with E-state index in [-0.39, 0.29) is 0 Å². The molecule has 6 heteroatoms. The zero-order chi connectivity index (χ0) is 12.5. The van der Waals surface area contributed by atoms with Crippen molar-refractivity contribution in [1.82, 2.24) is 9.97 Å². The first kappa shape index (κ1) is 12.1. The lowest BCUT2D eigenvalue weighted by molar-refractivity contribution is 0.0537. The molecule has 2 atom stereocenters. The second-order valence-electron chi connectivity index (χ2n) is 4.57. The van der Waals surface area contributed by atoms with E-state index >= 15 is 0 Å². The molecule has 96 valence electrons. The van der Waals surface area contributed by atoms with Crippen LogP contribution in [-0.2, 0) is 4.74 Å². The number of aromatic nitrogens is 2.